The summed E-state index contributed by atoms with van der Waals surface area (Å²) >= 11 is 0. The average Bonchev–Trinajstić information content (AvgIpc) is 2.69. The van der Waals surface area contributed by atoms with Crippen molar-refractivity contribution in [1.82, 2.24) is 14.8 Å². The predicted molar refractivity (Wildman–Crippen MR) is 98.3 cm³/mol. The van der Waals surface area contributed by atoms with Gasteiger partial charge in [-0.25, -0.2) is 0 Å². The quantitative estimate of drug-likeness (QED) is 0.865. The zero-order valence-electron chi connectivity index (χ0n) is 14.6. The number of carbonyl (C=O) groups excluding carboxylic acids is 1. The largest absolute Gasteiger partial charge is 0.339 e. The minimum absolute atomic E-state index is 0.146. The summed E-state index contributed by atoms with van der Waals surface area (Å²) in [6, 6.07) is 12.4. The highest BCUT2D eigenvalue weighted by molar-refractivity contribution is 5.94. The van der Waals surface area contributed by atoms with Crippen LogP contribution in [-0.4, -0.2) is 46.9 Å². The molecule has 0 unspecified atom stereocenters. The molecule has 4 nitrogen and oxygen atoms in total. The maximum Gasteiger partial charge on any atom is 0.253 e. The number of benzene rings is 1. The summed E-state index contributed by atoms with van der Waals surface area (Å²) in [5.74, 6) is 0.847. The summed E-state index contributed by atoms with van der Waals surface area (Å²) < 4.78 is 0. The maximum atomic E-state index is 12.5. The second-order valence-electron chi connectivity index (χ2n) is 7.23. The van der Waals surface area contributed by atoms with E-state index >= 15 is 0 Å². The highest BCUT2D eigenvalue weighted by atomic mass is 16.2. The molecule has 1 saturated heterocycles. The number of carbonyl (C=O) groups is 1. The van der Waals surface area contributed by atoms with Crippen molar-refractivity contribution in [2.45, 2.75) is 25.8 Å². The molecule has 0 aliphatic carbocycles. The first-order valence-electron chi connectivity index (χ1n) is 9.28. The molecule has 0 bridgehead atoms. The van der Waals surface area contributed by atoms with Crippen molar-refractivity contribution < 1.29 is 4.79 Å². The second kappa shape index (κ2) is 7.36. The van der Waals surface area contributed by atoms with Gasteiger partial charge in [0.25, 0.3) is 5.91 Å². The van der Waals surface area contributed by atoms with Crippen LogP contribution in [0, 0.1) is 5.92 Å². The van der Waals surface area contributed by atoms with Crippen LogP contribution in [0.25, 0.3) is 0 Å². The Hall–Kier alpha value is -2.20. The van der Waals surface area contributed by atoms with E-state index in [1.54, 1.807) is 24.5 Å². The summed E-state index contributed by atoms with van der Waals surface area (Å²) in [6.45, 7) is 5.14. The van der Waals surface area contributed by atoms with E-state index in [0.29, 0.717) is 5.92 Å². The highest BCUT2D eigenvalue weighted by Gasteiger charge is 2.26. The zero-order chi connectivity index (χ0) is 17.1. The molecule has 2 aromatic rings. The number of rotatable bonds is 3. The number of nitrogens with zero attached hydrogens (tertiary/aromatic N) is 3. The zero-order valence-corrected chi connectivity index (χ0v) is 14.6. The molecule has 4 heteroatoms. The summed E-state index contributed by atoms with van der Waals surface area (Å²) in [6.07, 6.45) is 6.75. The summed E-state index contributed by atoms with van der Waals surface area (Å²) in [4.78, 5) is 21.1. The third-order valence-corrected chi connectivity index (χ3v) is 5.56. The van der Waals surface area contributed by atoms with Gasteiger partial charge in [0.05, 0.1) is 0 Å². The molecule has 0 atom stereocenters. The van der Waals surface area contributed by atoms with Crippen molar-refractivity contribution in [2.24, 2.45) is 5.92 Å². The molecular weight excluding hydrogens is 310 g/mol. The Bertz CT molecular complexity index is 723. The fraction of sp³-hybridized carbons (Fsp3) is 0.429. The Morgan fingerprint density at radius 2 is 1.72 bits per heavy atom. The fourth-order valence-electron chi connectivity index (χ4n) is 4.07. The number of fused-ring (bicyclic) bond motifs is 1. The number of piperidine rings is 1. The molecule has 1 aromatic carbocycles. The molecule has 0 N–H and O–H groups in total. The molecule has 1 aromatic heterocycles. The lowest BCUT2D eigenvalue weighted by molar-refractivity contribution is 0.0662. The minimum atomic E-state index is 0.146. The number of amides is 1. The number of pyridine rings is 1. The maximum absolute atomic E-state index is 12.5. The van der Waals surface area contributed by atoms with E-state index in [4.69, 9.17) is 0 Å². The van der Waals surface area contributed by atoms with Gasteiger partial charge in [-0.15, -0.1) is 0 Å². The van der Waals surface area contributed by atoms with E-state index in [2.05, 4.69) is 34.1 Å². The number of hydrogen-bond acceptors (Lipinski definition) is 3. The van der Waals surface area contributed by atoms with E-state index in [-0.39, 0.29) is 5.91 Å². The van der Waals surface area contributed by atoms with Crippen molar-refractivity contribution in [3.05, 3.63) is 65.5 Å². The van der Waals surface area contributed by atoms with Crippen LogP contribution in [-0.2, 0) is 13.0 Å². The molecule has 130 valence electrons. The number of aromatic nitrogens is 1. The van der Waals surface area contributed by atoms with E-state index in [1.807, 2.05) is 4.90 Å². The van der Waals surface area contributed by atoms with Crippen LogP contribution in [0.3, 0.4) is 0 Å². The van der Waals surface area contributed by atoms with E-state index in [0.717, 1.165) is 57.5 Å². The van der Waals surface area contributed by atoms with Crippen LogP contribution in [0.1, 0.15) is 34.3 Å². The first-order valence-corrected chi connectivity index (χ1v) is 9.28. The Kier molecular flexibility index (Phi) is 4.79. The summed E-state index contributed by atoms with van der Waals surface area (Å²) in [5, 5.41) is 0. The third-order valence-electron chi connectivity index (χ3n) is 5.56. The van der Waals surface area contributed by atoms with Crippen LogP contribution in [0.2, 0.25) is 0 Å². The van der Waals surface area contributed by atoms with Gasteiger partial charge in [-0.2, -0.15) is 0 Å². The molecule has 2 aliphatic heterocycles. The third kappa shape index (κ3) is 3.74. The van der Waals surface area contributed by atoms with Gasteiger partial charge in [-0.1, -0.05) is 24.3 Å². The van der Waals surface area contributed by atoms with Gasteiger partial charge in [0.2, 0.25) is 0 Å². The smallest absolute Gasteiger partial charge is 0.253 e. The van der Waals surface area contributed by atoms with Crippen molar-refractivity contribution in [2.75, 3.05) is 26.2 Å². The number of likely N-dealkylation sites (tertiary alicyclic amines) is 1. The van der Waals surface area contributed by atoms with Crippen molar-refractivity contribution in [1.29, 1.82) is 0 Å². The van der Waals surface area contributed by atoms with Crippen LogP contribution in [0.5, 0.6) is 0 Å². The van der Waals surface area contributed by atoms with Crippen molar-refractivity contribution in [3.63, 3.8) is 0 Å². The molecule has 0 saturated carbocycles. The van der Waals surface area contributed by atoms with Crippen LogP contribution in [0.15, 0.2) is 48.8 Å². The molecule has 4 rings (SSSR count). The molecule has 25 heavy (non-hydrogen) atoms. The first kappa shape index (κ1) is 16.3. The molecule has 0 radical (unpaired) electrons. The Labute approximate surface area is 149 Å². The van der Waals surface area contributed by atoms with Gasteiger partial charge in [-0.05, 0) is 48.4 Å². The summed E-state index contributed by atoms with van der Waals surface area (Å²) in [7, 11) is 0. The van der Waals surface area contributed by atoms with Crippen LogP contribution < -0.4 is 0 Å². The SMILES string of the molecule is O=C(c1ccncc1)N1CCC(CN2CCc3ccccc3C2)CC1. The van der Waals surface area contributed by atoms with Crippen LogP contribution >= 0.6 is 0 Å². The van der Waals surface area contributed by atoms with E-state index in [9.17, 15) is 4.79 Å². The summed E-state index contributed by atoms with van der Waals surface area (Å²) in [5.41, 5.74) is 3.75. The number of hydrogen-bond donors (Lipinski definition) is 0. The van der Waals surface area contributed by atoms with Gasteiger partial charge in [0, 0.05) is 50.7 Å². The average molecular weight is 335 g/mol. The lowest BCUT2D eigenvalue weighted by Crippen LogP contribution is -2.42. The van der Waals surface area contributed by atoms with Crippen LogP contribution in [0.4, 0.5) is 0 Å². The monoisotopic (exact) mass is 335 g/mol. The molecule has 0 spiro atoms. The van der Waals surface area contributed by atoms with Crippen molar-refractivity contribution >= 4 is 5.91 Å². The Balaban J connectivity index is 1.29. The van der Waals surface area contributed by atoms with E-state index in [1.165, 1.54) is 11.1 Å². The molecule has 3 heterocycles. The Morgan fingerprint density at radius 3 is 2.48 bits per heavy atom. The van der Waals surface area contributed by atoms with Gasteiger partial charge < -0.3 is 4.90 Å². The first-order chi connectivity index (χ1) is 12.3. The van der Waals surface area contributed by atoms with Gasteiger partial charge in [-0.3, -0.25) is 14.7 Å². The van der Waals surface area contributed by atoms with Gasteiger partial charge in [0.15, 0.2) is 0 Å². The molecule has 2 aliphatic rings. The van der Waals surface area contributed by atoms with E-state index < -0.39 is 0 Å². The standard InChI is InChI=1S/C21H25N3O/c25-21(19-5-10-22-11-6-19)24-13-7-17(8-14-24)15-23-12-9-18-3-1-2-4-20(18)16-23/h1-6,10-11,17H,7-9,12-16H2. The predicted octanol–water partition coefficient (Wildman–Crippen LogP) is 2.99. The molecule has 1 amide bonds. The highest BCUT2D eigenvalue weighted by Crippen LogP contribution is 2.24. The van der Waals surface area contributed by atoms with Gasteiger partial charge >= 0.3 is 0 Å². The lowest BCUT2D eigenvalue weighted by Gasteiger charge is -2.36. The van der Waals surface area contributed by atoms with Gasteiger partial charge in [0.1, 0.15) is 0 Å². The Morgan fingerprint density at radius 1 is 1.00 bits per heavy atom. The lowest BCUT2D eigenvalue weighted by atomic mass is 9.93. The molecule has 1 fully saturated rings. The minimum Gasteiger partial charge on any atom is -0.339 e. The topological polar surface area (TPSA) is 36.4 Å². The molecular formula is C21H25N3O. The van der Waals surface area contributed by atoms with Crippen molar-refractivity contribution in [3.8, 4) is 0 Å². The second-order valence-corrected chi connectivity index (χ2v) is 7.23. The fourth-order valence-corrected chi connectivity index (χ4v) is 4.07. The normalized spacial score (nSPS) is 18.8.